The molecular weight excluding hydrogens is 316 g/mol. The van der Waals surface area contributed by atoms with Gasteiger partial charge in [-0.25, -0.2) is 0 Å². The summed E-state index contributed by atoms with van der Waals surface area (Å²) in [7, 11) is 2.13. The highest BCUT2D eigenvalue weighted by atomic mass is 15.1. The van der Waals surface area contributed by atoms with E-state index in [1.54, 1.807) is 0 Å². The first-order valence-corrected chi connectivity index (χ1v) is 9.51. The summed E-state index contributed by atoms with van der Waals surface area (Å²) in [6.07, 6.45) is 1.04. The van der Waals surface area contributed by atoms with E-state index in [9.17, 15) is 0 Å². The highest BCUT2D eigenvalue weighted by Gasteiger charge is 2.23. The van der Waals surface area contributed by atoms with Crippen LogP contribution in [0.15, 0.2) is 66.7 Å². The number of hydrogen-bond donors (Lipinski definition) is 0. The Morgan fingerprint density at radius 3 is 2.15 bits per heavy atom. The first-order chi connectivity index (χ1) is 12.7. The fraction of sp³-hybridized carbons (Fsp3) is 0.250. The smallest absolute Gasteiger partial charge is 0.0493 e. The number of benzene rings is 3. The first-order valence-electron chi connectivity index (χ1n) is 9.51. The fourth-order valence-corrected chi connectivity index (χ4v) is 3.95. The molecule has 0 saturated heterocycles. The lowest BCUT2D eigenvalue weighted by Crippen LogP contribution is -2.18. The molecule has 132 valence electrons. The molecule has 0 N–H and O–H groups in total. The Labute approximate surface area is 156 Å². The van der Waals surface area contributed by atoms with Crippen molar-refractivity contribution in [2.24, 2.45) is 0 Å². The van der Waals surface area contributed by atoms with Gasteiger partial charge in [0.1, 0.15) is 0 Å². The van der Waals surface area contributed by atoms with Gasteiger partial charge < -0.3 is 9.80 Å². The van der Waals surface area contributed by atoms with E-state index in [0.29, 0.717) is 0 Å². The molecule has 0 amide bonds. The monoisotopic (exact) mass is 342 g/mol. The molecular formula is C24H26N2. The van der Waals surface area contributed by atoms with Gasteiger partial charge in [-0.3, -0.25) is 0 Å². The third kappa shape index (κ3) is 2.76. The van der Waals surface area contributed by atoms with E-state index in [1.165, 1.54) is 39.3 Å². The van der Waals surface area contributed by atoms with Crippen molar-refractivity contribution in [3.63, 3.8) is 0 Å². The molecule has 0 saturated carbocycles. The topological polar surface area (TPSA) is 6.48 Å². The second kappa shape index (κ2) is 6.87. The van der Waals surface area contributed by atoms with Crippen LogP contribution >= 0.6 is 0 Å². The van der Waals surface area contributed by atoms with Crippen LogP contribution in [0.5, 0.6) is 0 Å². The third-order valence-corrected chi connectivity index (χ3v) is 5.48. The van der Waals surface area contributed by atoms with Crippen LogP contribution in [-0.4, -0.2) is 20.1 Å². The Morgan fingerprint density at radius 2 is 1.42 bits per heavy atom. The minimum absolute atomic E-state index is 0.946. The molecule has 0 spiro atoms. The molecule has 0 heterocycles. The van der Waals surface area contributed by atoms with Gasteiger partial charge in [0, 0.05) is 42.8 Å². The molecule has 0 aliphatic heterocycles. The largest absolute Gasteiger partial charge is 0.375 e. The molecule has 2 nitrogen and oxygen atoms in total. The van der Waals surface area contributed by atoms with Crippen molar-refractivity contribution >= 4 is 17.1 Å². The minimum atomic E-state index is 0.946. The summed E-state index contributed by atoms with van der Waals surface area (Å²) < 4.78 is 0. The highest BCUT2D eigenvalue weighted by Crippen LogP contribution is 2.44. The molecule has 0 fully saturated rings. The van der Waals surface area contributed by atoms with Gasteiger partial charge in [0.05, 0.1) is 0 Å². The van der Waals surface area contributed by atoms with E-state index in [-0.39, 0.29) is 0 Å². The van der Waals surface area contributed by atoms with Crippen LogP contribution in [0, 0.1) is 0 Å². The van der Waals surface area contributed by atoms with E-state index >= 15 is 0 Å². The molecule has 0 radical (unpaired) electrons. The molecule has 0 aromatic heterocycles. The maximum absolute atomic E-state index is 2.43. The van der Waals surface area contributed by atoms with E-state index in [4.69, 9.17) is 0 Å². The summed E-state index contributed by atoms with van der Waals surface area (Å²) in [6, 6.07) is 24.5. The van der Waals surface area contributed by atoms with Crippen molar-refractivity contribution in [3.8, 4) is 11.1 Å². The second-order valence-electron chi connectivity index (χ2n) is 6.92. The summed E-state index contributed by atoms with van der Waals surface area (Å²) in [6.45, 7) is 6.37. The average molecular weight is 342 g/mol. The number of anilines is 3. The summed E-state index contributed by atoms with van der Waals surface area (Å²) >= 11 is 0. The lowest BCUT2D eigenvalue weighted by Gasteiger charge is -2.27. The Morgan fingerprint density at radius 1 is 0.731 bits per heavy atom. The zero-order valence-corrected chi connectivity index (χ0v) is 15.9. The molecule has 0 unspecified atom stereocenters. The standard InChI is InChI=1S/C24H26N2/c1-4-25(3)20-13-15-21(16-14-20)26(5-2)23-12-8-10-19-17-18-9-6-7-11-22(18)24(19)23/h6-16H,4-5,17H2,1-3H3. The molecule has 26 heavy (non-hydrogen) atoms. The van der Waals surface area contributed by atoms with Crippen LogP contribution in [0.2, 0.25) is 0 Å². The van der Waals surface area contributed by atoms with Crippen molar-refractivity contribution in [2.75, 3.05) is 29.9 Å². The van der Waals surface area contributed by atoms with E-state index in [0.717, 1.165) is 19.5 Å². The van der Waals surface area contributed by atoms with Crippen molar-refractivity contribution in [1.29, 1.82) is 0 Å². The molecule has 3 aromatic rings. The fourth-order valence-electron chi connectivity index (χ4n) is 3.95. The van der Waals surface area contributed by atoms with Crippen molar-refractivity contribution in [3.05, 3.63) is 77.9 Å². The summed E-state index contributed by atoms with van der Waals surface area (Å²) in [5.74, 6) is 0. The summed E-state index contributed by atoms with van der Waals surface area (Å²) in [4.78, 5) is 4.69. The minimum Gasteiger partial charge on any atom is -0.375 e. The maximum atomic E-state index is 2.43. The summed E-state index contributed by atoms with van der Waals surface area (Å²) in [5, 5.41) is 0. The van der Waals surface area contributed by atoms with Crippen LogP contribution in [0.4, 0.5) is 17.1 Å². The Kier molecular flexibility index (Phi) is 4.42. The van der Waals surface area contributed by atoms with Crippen LogP contribution in [0.1, 0.15) is 25.0 Å². The van der Waals surface area contributed by atoms with Crippen molar-refractivity contribution < 1.29 is 0 Å². The van der Waals surface area contributed by atoms with Gasteiger partial charge in [-0.15, -0.1) is 0 Å². The maximum Gasteiger partial charge on any atom is 0.0493 e. The lowest BCUT2D eigenvalue weighted by molar-refractivity contribution is 0.966. The van der Waals surface area contributed by atoms with Crippen LogP contribution in [-0.2, 0) is 6.42 Å². The van der Waals surface area contributed by atoms with E-state index < -0.39 is 0 Å². The number of rotatable bonds is 5. The molecule has 3 aromatic carbocycles. The van der Waals surface area contributed by atoms with Crippen LogP contribution < -0.4 is 9.80 Å². The molecule has 2 heteroatoms. The second-order valence-corrected chi connectivity index (χ2v) is 6.92. The van der Waals surface area contributed by atoms with Crippen molar-refractivity contribution in [2.45, 2.75) is 20.3 Å². The van der Waals surface area contributed by atoms with Gasteiger partial charge >= 0.3 is 0 Å². The molecule has 4 rings (SSSR count). The Hall–Kier alpha value is -2.74. The predicted molar refractivity (Wildman–Crippen MR) is 113 cm³/mol. The Bertz CT molecular complexity index is 912. The van der Waals surface area contributed by atoms with E-state index in [1.807, 2.05) is 0 Å². The van der Waals surface area contributed by atoms with Crippen LogP contribution in [0.25, 0.3) is 11.1 Å². The zero-order valence-electron chi connectivity index (χ0n) is 15.9. The third-order valence-electron chi connectivity index (χ3n) is 5.48. The van der Waals surface area contributed by atoms with Gasteiger partial charge in [-0.2, -0.15) is 0 Å². The Balaban J connectivity index is 1.77. The SMILES string of the molecule is CCN(C)c1ccc(N(CC)c2cccc3c2-c2ccccc2C3)cc1. The predicted octanol–water partition coefficient (Wildman–Crippen LogP) is 5.87. The van der Waals surface area contributed by atoms with Gasteiger partial charge in [-0.1, -0.05) is 36.4 Å². The summed E-state index contributed by atoms with van der Waals surface area (Å²) in [5.41, 5.74) is 9.48. The zero-order chi connectivity index (χ0) is 18.1. The normalized spacial score (nSPS) is 11.8. The quantitative estimate of drug-likeness (QED) is 0.447. The number of hydrogen-bond acceptors (Lipinski definition) is 2. The van der Waals surface area contributed by atoms with Gasteiger partial charge in [0.15, 0.2) is 0 Å². The number of nitrogens with zero attached hydrogens (tertiary/aromatic N) is 2. The molecule has 1 aliphatic carbocycles. The van der Waals surface area contributed by atoms with Gasteiger partial charge in [0.25, 0.3) is 0 Å². The lowest BCUT2D eigenvalue weighted by atomic mass is 10.0. The molecule has 0 atom stereocenters. The van der Waals surface area contributed by atoms with E-state index in [2.05, 4.69) is 97.4 Å². The first kappa shape index (κ1) is 16.7. The van der Waals surface area contributed by atoms with Gasteiger partial charge in [0.2, 0.25) is 0 Å². The number of fused-ring (bicyclic) bond motifs is 3. The van der Waals surface area contributed by atoms with Gasteiger partial charge in [-0.05, 0) is 67.3 Å². The average Bonchev–Trinajstić information content (AvgIpc) is 3.08. The van der Waals surface area contributed by atoms with Crippen LogP contribution in [0.3, 0.4) is 0 Å². The molecule has 1 aliphatic rings. The van der Waals surface area contributed by atoms with Crippen molar-refractivity contribution in [1.82, 2.24) is 0 Å². The highest BCUT2D eigenvalue weighted by molar-refractivity contribution is 5.89. The molecule has 0 bridgehead atoms.